The number of hydrogen-bond acceptors (Lipinski definition) is 5. The van der Waals surface area contributed by atoms with Gasteiger partial charge in [-0.05, 0) is 32.8 Å². The largest absolute Gasteiger partial charge is 0.598 e. The highest BCUT2D eigenvalue weighted by molar-refractivity contribution is 7.90. The molecule has 0 radical (unpaired) electrons. The van der Waals surface area contributed by atoms with Gasteiger partial charge >= 0.3 is 5.97 Å². The fourth-order valence-electron chi connectivity index (χ4n) is 1.71. The average Bonchev–Trinajstić information content (AvgIpc) is 2.42. The van der Waals surface area contributed by atoms with Crippen molar-refractivity contribution in [3.05, 3.63) is 29.3 Å². The Bertz CT molecular complexity index is 532. The van der Waals surface area contributed by atoms with Crippen LogP contribution in [-0.2, 0) is 16.1 Å². The second-order valence-corrected chi connectivity index (χ2v) is 8.30. The zero-order chi connectivity index (χ0) is 17.1. The van der Waals surface area contributed by atoms with Crippen LogP contribution in [0.4, 0.5) is 4.39 Å². The molecule has 0 bridgehead atoms. The van der Waals surface area contributed by atoms with Gasteiger partial charge < -0.3 is 9.29 Å². The third kappa shape index (κ3) is 4.66. The predicted octanol–water partition coefficient (Wildman–Crippen LogP) is 2.76. The fourth-order valence-corrected chi connectivity index (χ4v) is 2.67. The number of nitrogens with zero attached hydrogens (tertiary/aromatic N) is 1. The van der Waals surface area contributed by atoms with E-state index in [1.807, 2.05) is 34.6 Å². The van der Waals surface area contributed by atoms with Crippen molar-refractivity contribution in [1.29, 1.82) is 0 Å². The van der Waals surface area contributed by atoms with Gasteiger partial charge in [0, 0.05) is 17.6 Å². The van der Waals surface area contributed by atoms with Gasteiger partial charge in [-0.3, -0.25) is 4.98 Å². The molecule has 124 valence electrons. The van der Waals surface area contributed by atoms with E-state index < -0.39 is 33.9 Å². The summed E-state index contributed by atoms with van der Waals surface area (Å²) in [6, 6.07) is 0.567. The first kappa shape index (κ1) is 18.9. The Morgan fingerprint density at radius 1 is 1.45 bits per heavy atom. The van der Waals surface area contributed by atoms with Crippen LogP contribution in [-0.4, -0.2) is 27.4 Å². The van der Waals surface area contributed by atoms with Crippen LogP contribution in [0.15, 0.2) is 12.3 Å². The van der Waals surface area contributed by atoms with Crippen molar-refractivity contribution in [3.8, 4) is 0 Å². The van der Waals surface area contributed by atoms with Gasteiger partial charge in [0.15, 0.2) is 0 Å². The molecule has 0 amide bonds. The molecule has 0 spiro atoms. The lowest BCUT2D eigenvalue weighted by Crippen LogP contribution is -2.43. The summed E-state index contributed by atoms with van der Waals surface area (Å²) >= 11 is -1.36. The summed E-state index contributed by atoms with van der Waals surface area (Å²) in [5.41, 5.74) is 0.184. The van der Waals surface area contributed by atoms with Crippen LogP contribution >= 0.6 is 0 Å². The highest BCUT2D eigenvalue weighted by Crippen LogP contribution is 2.26. The second kappa shape index (κ2) is 7.39. The summed E-state index contributed by atoms with van der Waals surface area (Å²) in [7, 11) is 1.22. The standard InChI is InChI=1S/C15H23FN2O3S/c1-9(2)12(18-22(20)15(3,4)5)13-11(16)7-10(8-17-13)14(19)21-6/h7-9,12,18H,1-6H3/t12-,22?/m0/s1. The Morgan fingerprint density at radius 2 is 2.05 bits per heavy atom. The lowest BCUT2D eigenvalue weighted by molar-refractivity contribution is 0.0599. The molecule has 0 aromatic carbocycles. The van der Waals surface area contributed by atoms with Gasteiger partial charge in [-0.15, -0.1) is 4.72 Å². The maximum absolute atomic E-state index is 14.3. The Morgan fingerprint density at radius 3 is 2.45 bits per heavy atom. The van der Waals surface area contributed by atoms with E-state index in [0.717, 1.165) is 6.07 Å². The van der Waals surface area contributed by atoms with Gasteiger partial charge in [0.1, 0.15) is 10.6 Å². The number of carbonyl (C=O) groups is 1. The second-order valence-electron chi connectivity index (χ2n) is 6.30. The molecule has 0 aliphatic heterocycles. The van der Waals surface area contributed by atoms with Crippen LogP contribution in [0.25, 0.3) is 0 Å². The van der Waals surface area contributed by atoms with Crippen LogP contribution in [0, 0.1) is 11.7 Å². The first-order valence-corrected chi connectivity index (χ1v) is 8.14. The number of hydrogen-bond donors (Lipinski definition) is 1. The van der Waals surface area contributed by atoms with E-state index >= 15 is 0 Å². The zero-order valence-electron chi connectivity index (χ0n) is 13.8. The molecule has 1 N–H and O–H groups in total. The molecule has 1 rings (SSSR count). The first-order chi connectivity index (χ1) is 10.1. The van der Waals surface area contributed by atoms with E-state index in [2.05, 4.69) is 14.4 Å². The lowest BCUT2D eigenvalue weighted by Gasteiger charge is -2.29. The maximum Gasteiger partial charge on any atom is 0.339 e. The number of esters is 1. The molecule has 5 nitrogen and oxygen atoms in total. The summed E-state index contributed by atoms with van der Waals surface area (Å²) < 4.78 is 33.5. The summed E-state index contributed by atoms with van der Waals surface area (Å²) in [5.74, 6) is -1.30. The molecule has 2 atom stereocenters. The topological polar surface area (TPSA) is 74.3 Å². The molecule has 0 aliphatic carbocycles. The van der Waals surface area contributed by atoms with Crippen LogP contribution in [0.5, 0.6) is 0 Å². The molecule has 0 fully saturated rings. The number of pyridine rings is 1. The van der Waals surface area contributed by atoms with Crippen molar-refractivity contribution in [1.82, 2.24) is 9.71 Å². The van der Waals surface area contributed by atoms with Gasteiger partial charge in [0.2, 0.25) is 0 Å². The van der Waals surface area contributed by atoms with E-state index in [1.165, 1.54) is 13.3 Å². The van der Waals surface area contributed by atoms with E-state index in [-0.39, 0.29) is 17.2 Å². The van der Waals surface area contributed by atoms with Gasteiger partial charge in [-0.25, -0.2) is 9.18 Å². The number of carbonyl (C=O) groups excluding carboxylic acids is 1. The van der Waals surface area contributed by atoms with Gasteiger partial charge in [-0.1, -0.05) is 13.8 Å². The SMILES string of the molecule is COC(=O)c1cnc([C@@H](N[S+]([O-])C(C)(C)C)C(C)C)c(F)c1. The smallest absolute Gasteiger partial charge is 0.339 e. The van der Waals surface area contributed by atoms with Crippen molar-refractivity contribution in [3.63, 3.8) is 0 Å². The van der Waals surface area contributed by atoms with Crippen LogP contribution in [0.1, 0.15) is 56.7 Å². The average molecular weight is 330 g/mol. The lowest BCUT2D eigenvalue weighted by atomic mass is 10.0. The van der Waals surface area contributed by atoms with E-state index in [1.54, 1.807) is 0 Å². The molecule has 1 unspecified atom stereocenters. The summed E-state index contributed by atoms with van der Waals surface area (Å²) in [6.07, 6.45) is 1.27. The quantitative estimate of drug-likeness (QED) is 0.664. The highest BCUT2D eigenvalue weighted by Gasteiger charge is 2.33. The number of ether oxygens (including phenoxy) is 1. The van der Waals surface area contributed by atoms with Crippen LogP contribution in [0.2, 0.25) is 0 Å². The van der Waals surface area contributed by atoms with Crippen molar-refractivity contribution in [2.45, 2.75) is 45.4 Å². The minimum Gasteiger partial charge on any atom is -0.598 e. The third-order valence-electron chi connectivity index (χ3n) is 3.04. The number of methoxy groups -OCH3 is 1. The Hall–Kier alpha value is -1.18. The molecule has 1 aromatic heterocycles. The summed E-state index contributed by atoms with van der Waals surface area (Å²) in [5, 5.41) is 0. The molecule has 0 saturated carbocycles. The Labute approximate surface area is 134 Å². The molecule has 1 heterocycles. The van der Waals surface area contributed by atoms with E-state index in [0.29, 0.717) is 0 Å². The molecule has 22 heavy (non-hydrogen) atoms. The normalized spacial score (nSPS) is 14.8. The molecule has 1 aromatic rings. The van der Waals surface area contributed by atoms with Crippen molar-refractivity contribution in [2.75, 3.05) is 7.11 Å². The predicted molar refractivity (Wildman–Crippen MR) is 84.1 cm³/mol. The highest BCUT2D eigenvalue weighted by atomic mass is 32.2. The summed E-state index contributed by atoms with van der Waals surface area (Å²) in [4.78, 5) is 15.4. The first-order valence-electron chi connectivity index (χ1n) is 6.99. The molecular formula is C15H23FN2O3S. The summed E-state index contributed by atoms with van der Waals surface area (Å²) in [6.45, 7) is 9.26. The number of halogens is 1. The minimum absolute atomic E-state index is 0.0303. The molecule has 0 aliphatic rings. The van der Waals surface area contributed by atoms with Crippen molar-refractivity contribution >= 4 is 17.3 Å². The fraction of sp³-hybridized carbons (Fsp3) is 0.600. The maximum atomic E-state index is 14.3. The Kier molecular flexibility index (Phi) is 6.34. The van der Waals surface area contributed by atoms with E-state index in [9.17, 15) is 13.7 Å². The van der Waals surface area contributed by atoms with Crippen molar-refractivity contribution < 1.29 is 18.5 Å². The minimum atomic E-state index is -1.36. The van der Waals surface area contributed by atoms with Crippen LogP contribution < -0.4 is 4.72 Å². The molecular weight excluding hydrogens is 307 g/mol. The Balaban J connectivity index is 3.10. The van der Waals surface area contributed by atoms with Gasteiger partial charge in [0.25, 0.3) is 0 Å². The zero-order valence-corrected chi connectivity index (χ0v) is 14.6. The van der Waals surface area contributed by atoms with E-state index in [4.69, 9.17) is 0 Å². The van der Waals surface area contributed by atoms with Gasteiger partial charge in [0.05, 0.1) is 24.4 Å². The number of rotatable bonds is 5. The monoisotopic (exact) mass is 330 g/mol. The molecule has 0 saturated heterocycles. The van der Waals surface area contributed by atoms with Crippen molar-refractivity contribution in [2.24, 2.45) is 5.92 Å². The number of aromatic nitrogens is 1. The third-order valence-corrected chi connectivity index (χ3v) is 4.62. The molecule has 7 heteroatoms. The number of nitrogens with one attached hydrogen (secondary N) is 1. The van der Waals surface area contributed by atoms with Crippen LogP contribution in [0.3, 0.4) is 0 Å². The van der Waals surface area contributed by atoms with Gasteiger partial charge in [-0.2, -0.15) is 0 Å².